The summed E-state index contributed by atoms with van der Waals surface area (Å²) in [5.74, 6) is -13.3. The number of aliphatic hydroxyl groups excluding tert-OH is 7. The molecule has 2 unspecified atom stereocenters. The fourth-order valence-corrected chi connectivity index (χ4v) is 12.6. The molecule has 10 amide bonds. The number of azide groups is 1. The van der Waals surface area contributed by atoms with E-state index in [1.54, 1.807) is 13.8 Å². The van der Waals surface area contributed by atoms with Crippen molar-refractivity contribution in [3.05, 3.63) is 58.0 Å². The second-order valence-corrected chi connectivity index (χ2v) is 26.0. The van der Waals surface area contributed by atoms with Crippen molar-refractivity contribution < 1.29 is 130 Å². The van der Waals surface area contributed by atoms with E-state index >= 15 is 0 Å². The maximum Gasteiger partial charge on any atom is 0.251 e. The maximum atomic E-state index is 14.6. The molecule has 0 saturated carbocycles. The Morgan fingerprint density at radius 2 is 1.49 bits per heavy atom. The van der Waals surface area contributed by atoms with Gasteiger partial charge in [-0.25, -0.2) is 4.21 Å². The van der Waals surface area contributed by atoms with Gasteiger partial charge >= 0.3 is 0 Å². The molecule has 1 aromatic heterocycles. The molecule has 0 spiro atoms. The molecule has 44 heteroatoms. The Balaban J connectivity index is 0.000000417. The average Bonchev–Trinajstić information content (AvgIpc) is 1.60. The van der Waals surface area contributed by atoms with Gasteiger partial charge in [0.1, 0.15) is 82.8 Å². The van der Waals surface area contributed by atoms with Crippen molar-refractivity contribution in [2.45, 2.75) is 131 Å². The van der Waals surface area contributed by atoms with Crippen molar-refractivity contribution in [2.24, 2.45) is 22.7 Å². The zero-order valence-electron chi connectivity index (χ0n) is 55.9. The number of aromatic hydroxyl groups is 1. The van der Waals surface area contributed by atoms with Crippen molar-refractivity contribution >= 4 is 101 Å². The molecule has 4 aliphatic rings. The number of H-pyrrole nitrogens is 1. The Bertz CT molecular complexity index is 3600. The molecule has 19 N–H and O–H groups in total. The molecule has 2 aromatic carbocycles. The van der Waals surface area contributed by atoms with Crippen molar-refractivity contribution in [2.75, 3.05) is 91.3 Å². The lowest BCUT2D eigenvalue weighted by Gasteiger charge is -2.39. The number of hydrogen-bond donors (Lipinski definition) is 18. The number of aromatic nitrogens is 1. The minimum absolute atomic E-state index is 0. The Kier molecular flexibility index (Phi) is 34.4. The molecule has 0 radical (unpaired) electrons. The van der Waals surface area contributed by atoms with Gasteiger partial charge in [0.2, 0.25) is 59.5 Å². The van der Waals surface area contributed by atoms with Crippen LogP contribution in [-0.2, 0) is 90.7 Å². The molecule has 2 bridgehead atoms. The number of carbonyl (C=O) groups excluding carboxylic acids is 10. The summed E-state index contributed by atoms with van der Waals surface area (Å²) in [6.07, 6.45) is -12.3. The molecular weight excluding hydrogens is 1420 g/mol. The van der Waals surface area contributed by atoms with Crippen LogP contribution in [0.4, 0.5) is 0 Å². The number of aromatic amines is 1. The van der Waals surface area contributed by atoms with E-state index in [-0.39, 0.29) is 73.3 Å². The van der Waals surface area contributed by atoms with E-state index in [1.165, 1.54) is 37.3 Å². The molecule has 578 valence electrons. The second-order valence-electron chi connectivity index (χ2n) is 24.0. The summed E-state index contributed by atoms with van der Waals surface area (Å²) in [5, 5.41) is 104. The lowest BCUT2D eigenvalue weighted by atomic mass is 9.93. The minimum Gasteiger partial charge on any atom is -0.740 e. The first kappa shape index (κ1) is 85.9. The second kappa shape index (κ2) is 41.7. The molecule has 7 rings (SSSR count). The molecule has 2 saturated heterocycles. The van der Waals surface area contributed by atoms with Crippen LogP contribution in [0.1, 0.15) is 56.0 Å². The van der Waals surface area contributed by atoms with E-state index in [1.807, 2.05) is 0 Å². The number of rotatable bonds is 25. The van der Waals surface area contributed by atoms with Gasteiger partial charge in [-0.1, -0.05) is 40.7 Å². The molecule has 0 aliphatic carbocycles. The number of fused-ring (bicyclic) bond motifs is 5. The van der Waals surface area contributed by atoms with Gasteiger partial charge in [0.25, 0.3) is 5.91 Å². The van der Waals surface area contributed by atoms with Crippen molar-refractivity contribution in [3.8, 4) is 17.2 Å². The lowest BCUT2D eigenvalue weighted by Crippen LogP contribution is -2.62. The summed E-state index contributed by atoms with van der Waals surface area (Å²) < 4.78 is 68.0. The number of carbonyl (C=O) groups is 10. The van der Waals surface area contributed by atoms with Gasteiger partial charge in [0.15, 0.2) is 11.5 Å². The Hall–Kier alpha value is -8.73. The number of amides is 10. The molecule has 41 nitrogen and oxygen atoms in total. The van der Waals surface area contributed by atoms with Crippen LogP contribution in [0.3, 0.4) is 0 Å². The first-order valence-electron chi connectivity index (χ1n) is 32.2. The van der Waals surface area contributed by atoms with Crippen LogP contribution in [-0.4, -0.2) is 302 Å². The minimum atomic E-state index is -3.05. The van der Waals surface area contributed by atoms with E-state index < -0.39 is 236 Å². The smallest absolute Gasteiger partial charge is 0.251 e. The number of primary amides is 1. The highest BCUT2D eigenvalue weighted by Gasteiger charge is 2.47. The maximum absolute atomic E-state index is 14.6. The number of benzene rings is 2. The van der Waals surface area contributed by atoms with Crippen LogP contribution in [0, 0.1) is 11.8 Å². The van der Waals surface area contributed by atoms with Gasteiger partial charge in [0.05, 0.1) is 107 Å². The average molecular weight is 1510 g/mol. The van der Waals surface area contributed by atoms with Crippen molar-refractivity contribution in [3.63, 3.8) is 0 Å². The molecule has 17 atom stereocenters. The fraction of sp³-hybridized carbons (Fsp3) is 0.600. The Labute approximate surface area is 600 Å². The number of ether oxygens (including phenoxy) is 5. The van der Waals surface area contributed by atoms with Crippen LogP contribution in [0.2, 0.25) is 0 Å². The molecule has 3 aromatic rings. The van der Waals surface area contributed by atoms with Gasteiger partial charge in [-0.15, -0.1) is 0 Å². The summed E-state index contributed by atoms with van der Waals surface area (Å²) >= 11 is -3.05. The fourth-order valence-electron chi connectivity index (χ4n) is 10.9. The highest BCUT2D eigenvalue weighted by atomic mass is 32.2. The normalized spacial score (nSPS) is 26.3. The zero-order valence-corrected chi connectivity index (χ0v) is 57.5. The first-order chi connectivity index (χ1) is 49.0. The van der Waals surface area contributed by atoms with Crippen LogP contribution < -0.4 is 57.2 Å². The van der Waals surface area contributed by atoms with Crippen LogP contribution >= 0.6 is 0 Å². The van der Waals surface area contributed by atoms with E-state index in [9.17, 15) is 102 Å². The quantitative estimate of drug-likeness (QED) is 0.00935. The van der Waals surface area contributed by atoms with Crippen molar-refractivity contribution in [1.29, 1.82) is 0 Å². The van der Waals surface area contributed by atoms with E-state index in [4.69, 9.17) is 34.9 Å². The van der Waals surface area contributed by atoms with Gasteiger partial charge in [0, 0.05) is 60.3 Å². The molecule has 5 heterocycles. The Morgan fingerprint density at radius 1 is 0.827 bits per heavy atom. The number of phenols is 1. The Morgan fingerprint density at radius 3 is 2.13 bits per heavy atom. The monoisotopic (exact) mass is 1510 g/mol. The molecule has 4 aliphatic heterocycles. The highest BCUT2D eigenvalue weighted by Crippen LogP contribution is 2.34. The zero-order chi connectivity index (χ0) is 75.8. The number of hydrogen-bond acceptors (Lipinski definition) is 28. The topological polar surface area (TPSA) is 635 Å². The number of nitrogens with one attached hydrogen (secondary N) is 9. The first-order valence-corrected chi connectivity index (χ1v) is 34.6. The highest BCUT2D eigenvalue weighted by molar-refractivity contribution is 7.85. The third kappa shape index (κ3) is 24.4. The molecule has 104 heavy (non-hydrogen) atoms. The standard InChI is InChI=1S/C39H54N10O14S.C21H32N4O13S.BH4/c1-4-16(2)31-36(60)42-11-29(55)43-25-15-64(63)38-21(20-6-5-18(51)7-22(20)46-38)9-23(33(57)41-12-30(56)47-31)44-37(61)32(17(3)27(53)14-50)48-35(59)26-8-19(52)13-49(26)39(62)24(10-28(40)54)45-34(25)58;22-25-24-4-6-34-8-10-35-9-7-33-5-3-23-20(30)13-1-2-14(15(11-13)38-39(31)32)36-21-19(29)18(28)17(27)16(12-26)37-21;/h5-7,16-17,19,23-27,31-32,46,50-53H,4,8-15H2,1-3H3,(H2,40,54)(H,41,57)(H,42,60)(H,43,55)(H,44,61)(H,45,58)(H,47,56)(H,48,59);1-2,11,16-19,21,26-29H,3-10,12H2,(H,23,30)(H,31,32);1H4/q;;-1/p-1/t16-,17-,19+,23-,24-,25-,26-,27-,31-,32-,64?;16-,17+,18+,19-,21-;/m01./s1. The van der Waals surface area contributed by atoms with Crippen LogP contribution in [0.25, 0.3) is 21.3 Å². The number of phenolic OH excluding ortho intramolecular Hbond substituents is 1. The van der Waals surface area contributed by atoms with E-state index in [0.29, 0.717) is 32.8 Å². The summed E-state index contributed by atoms with van der Waals surface area (Å²) in [6, 6.07) is -2.44. The predicted octanol–water partition coefficient (Wildman–Crippen LogP) is -9.24. The number of aliphatic hydroxyl groups is 7. The van der Waals surface area contributed by atoms with Crippen LogP contribution in [0.15, 0.2) is 46.5 Å². The summed E-state index contributed by atoms with van der Waals surface area (Å²) in [7, 11) is -2.38. The SMILES string of the molecule is CC[C@H](C)[C@@H]1NC(=O)CNC(=O)[C@@H]2Cc3c([nH]c4cc(O)ccc34)S(=O)C[C@H](NC(=O)CNC1=O)C(=O)N[C@@H](CC(N)=O)C(=O)N1C[C@H](O)C[C@H]1C(=O)N[C@@H]([C@@H](C)[C@@H](O)CO)C(=O)N2.[BH4-].[N-]=[N+]=NCCOCCOCCOCCNC(=O)c1ccc(O[C@@H]2O[C@H](CO)[C@H](O)[C@H](O)[C@H]2O)c(OS(=O)[O-])c1. The third-order valence-corrected chi connectivity index (χ3v) is 18.4. The summed E-state index contributed by atoms with van der Waals surface area (Å²) in [5.41, 5.74) is 13.9. The predicted molar refractivity (Wildman–Crippen MR) is 363 cm³/mol. The van der Waals surface area contributed by atoms with E-state index in [0.717, 1.165) is 11.0 Å². The lowest BCUT2D eigenvalue weighted by molar-refractivity contribution is -0.277. The molecule has 2 fully saturated rings. The number of nitrogens with zero attached hydrogens (tertiary/aromatic N) is 4. The van der Waals surface area contributed by atoms with Gasteiger partial charge in [-0.3, -0.25) is 52.2 Å². The summed E-state index contributed by atoms with van der Waals surface area (Å²) in [4.78, 5) is 142. The third-order valence-electron chi connectivity index (χ3n) is 16.7. The van der Waals surface area contributed by atoms with Crippen molar-refractivity contribution in [1.82, 2.24) is 52.4 Å². The number of nitrogens with two attached hydrogens (primary N) is 1. The van der Waals surface area contributed by atoms with Crippen LogP contribution in [0.5, 0.6) is 17.2 Å². The molecular formula is C60H89BN14O27S2-2. The van der Waals surface area contributed by atoms with Gasteiger partial charge in [-0.05, 0) is 47.3 Å². The van der Waals surface area contributed by atoms with Gasteiger partial charge in [-0.2, -0.15) is 0 Å². The van der Waals surface area contributed by atoms with E-state index in [2.05, 4.69) is 61.7 Å². The van der Waals surface area contributed by atoms with Gasteiger partial charge < -0.3 is 131 Å². The summed E-state index contributed by atoms with van der Waals surface area (Å²) in [6.45, 7) is 3.17. The largest absolute Gasteiger partial charge is 0.740 e.